The van der Waals surface area contributed by atoms with Crippen molar-refractivity contribution in [3.63, 3.8) is 0 Å². The number of methoxy groups -OCH3 is 1. The summed E-state index contributed by atoms with van der Waals surface area (Å²) in [7, 11) is 1.45. The SMILES string of the molecule is COCc1cc2c(Nc3cc([C@H]4CC[C@@H](OC(=O)NC56CC(C5)C6)[C@@H]4F)[nH]n3)nc(C(F)(F)F)cn2n1. The van der Waals surface area contributed by atoms with Gasteiger partial charge in [-0.15, -0.1) is 0 Å². The second-order valence-corrected chi connectivity index (χ2v) is 10.2. The Morgan fingerprint density at radius 2 is 2.05 bits per heavy atom. The summed E-state index contributed by atoms with van der Waals surface area (Å²) in [6.45, 7) is 0.108. The Hall–Kier alpha value is -3.42. The van der Waals surface area contributed by atoms with E-state index >= 15 is 4.39 Å². The van der Waals surface area contributed by atoms with Crippen LogP contribution in [0.15, 0.2) is 18.3 Å². The van der Waals surface area contributed by atoms with Gasteiger partial charge in [-0.3, -0.25) is 5.10 Å². The lowest BCUT2D eigenvalue weighted by molar-refractivity contribution is -0.141. The number of nitrogens with zero attached hydrogens (tertiary/aromatic N) is 4. The van der Waals surface area contributed by atoms with E-state index in [0.717, 1.165) is 30.0 Å². The van der Waals surface area contributed by atoms with E-state index in [1.165, 1.54) is 13.2 Å². The molecular weight excluding hydrogens is 498 g/mol. The highest BCUT2D eigenvalue weighted by Crippen LogP contribution is 2.57. The van der Waals surface area contributed by atoms with E-state index in [4.69, 9.17) is 9.47 Å². The lowest BCUT2D eigenvalue weighted by Crippen LogP contribution is -2.68. The molecule has 1 amide bonds. The van der Waals surface area contributed by atoms with E-state index < -0.39 is 36.2 Å². The fraction of sp³-hybridized carbons (Fsp3) is 0.565. The largest absolute Gasteiger partial charge is 0.443 e. The molecule has 3 atom stereocenters. The van der Waals surface area contributed by atoms with Crippen molar-refractivity contribution in [3.05, 3.63) is 35.4 Å². The Morgan fingerprint density at radius 1 is 1.27 bits per heavy atom. The third-order valence-electron chi connectivity index (χ3n) is 7.50. The number of aromatic nitrogens is 5. The van der Waals surface area contributed by atoms with Crippen molar-refractivity contribution >= 4 is 23.2 Å². The Kier molecular flexibility index (Phi) is 5.55. The molecule has 2 bridgehead atoms. The van der Waals surface area contributed by atoms with Crippen LogP contribution in [0.4, 0.5) is 34.0 Å². The van der Waals surface area contributed by atoms with Gasteiger partial charge in [-0.2, -0.15) is 23.4 Å². The number of halogens is 4. The molecule has 0 aromatic carbocycles. The Morgan fingerprint density at radius 3 is 2.73 bits per heavy atom. The van der Waals surface area contributed by atoms with Crippen LogP contribution in [-0.4, -0.2) is 55.8 Å². The number of carbonyl (C=O) groups is 1. The molecule has 0 saturated heterocycles. The highest BCUT2D eigenvalue weighted by molar-refractivity contribution is 5.73. The summed E-state index contributed by atoms with van der Waals surface area (Å²) in [5, 5.41) is 16.6. The maximum absolute atomic E-state index is 15.2. The lowest BCUT2D eigenvalue weighted by Gasteiger charge is -2.61. The zero-order valence-electron chi connectivity index (χ0n) is 19.8. The molecular formula is C23H25F4N7O3. The lowest BCUT2D eigenvalue weighted by atomic mass is 9.50. The Bertz CT molecular complexity index is 1320. The van der Waals surface area contributed by atoms with E-state index in [1.807, 2.05) is 0 Å². The number of H-pyrrole nitrogens is 1. The Labute approximate surface area is 208 Å². The van der Waals surface area contributed by atoms with Gasteiger partial charge < -0.3 is 20.1 Å². The fourth-order valence-electron chi connectivity index (χ4n) is 5.59. The molecule has 198 valence electrons. The molecule has 37 heavy (non-hydrogen) atoms. The molecule has 7 rings (SSSR count). The van der Waals surface area contributed by atoms with Gasteiger partial charge in [0.25, 0.3) is 0 Å². The van der Waals surface area contributed by atoms with E-state index in [9.17, 15) is 18.0 Å². The quantitative estimate of drug-likeness (QED) is 0.397. The van der Waals surface area contributed by atoms with Crippen LogP contribution in [0.25, 0.3) is 5.52 Å². The summed E-state index contributed by atoms with van der Waals surface area (Å²) in [6.07, 6.45) is -3.18. The minimum Gasteiger partial charge on any atom is -0.443 e. The number of alkyl carbamates (subject to hydrolysis) is 1. The number of carbonyl (C=O) groups excluding carboxylic acids is 1. The van der Waals surface area contributed by atoms with Gasteiger partial charge in [0.1, 0.15) is 17.8 Å². The molecule has 0 spiro atoms. The van der Waals surface area contributed by atoms with Gasteiger partial charge in [-0.25, -0.2) is 18.7 Å². The second kappa shape index (κ2) is 8.57. The molecule has 0 radical (unpaired) electrons. The van der Waals surface area contributed by atoms with Crippen molar-refractivity contribution in [2.45, 2.75) is 68.6 Å². The van der Waals surface area contributed by atoms with Gasteiger partial charge in [0.2, 0.25) is 0 Å². The first-order chi connectivity index (χ1) is 17.6. The first kappa shape index (κ1) is 23.9. The van der Waals surface area contributed by atoms with Crippen molar-refractivity contribution in [2.75, 3.05) is 12.4 Å². The summed E-state index contributed by atoms with van der Waals surface area (Å²) < 4.78 is 67.0. The fourth-order valence-corrected chi connectivity index (χ4v) is 5.59. The van der Waals surface area contributed by atoms with E-state index in [1.54, 1.807) is 6.07 Å². The summed E-state index contributed by atoms with van der Waals surface area (Å²) in [4.78, 5) is 16.0. The van der Waals surface area contributed by atoms with Crippen molar-refractivity contribution in [1.82, 2.24) is 30.1 Å². The van der Waals surface area contributed by atoms with Crippen molar-refractivity contribution in [2.24, 2.45) is 5.92 Å². The van der Waals surface area contributed by atoms with Gasteiger partial charge in [-0.05, 0) is 44.1 Å². The monoisotopic (exact) mass is 523 g/mol. The number of hydrogen-bond acceptors (Lipinski definition) is 7. The maximum atomic E-state index is 15.2. The summed E-state index contributed by atoms with van der Waals surface area (Å²) >= 11 is 0. The van der Waals surface area contributed by atoms with Crippen LogP contribution in [0.1, 0.15) is 55.1 Å². The number of rotatable bonds is 7. The molecule has 10 nitrogen and oxygen atoms in total. The normalized spacial score (nSPS) is 28.6. The molecule has 4 aliphatic carbocycles. The molecule has 4 aliphatic rings. The van der Waals surface area contributed by atoms with Crippen molar-refractivity contribution < 1.29 is 31.8 Å². The molecule has 4 fully saturated rings. The molecule has 0 unspecified atom stereocenters. The number of nitrogens with one attached hydrogen (secondary N) is 3. The predicted molar refractivity (Wildman–Crippen MR) is 121 cm³/mol. The predicted octanol–water partition coefficient (Wildman–Crippen LogP) is 4.22. The standard InChI is InChI=1S/C23H25F4N7O3/c1-36-10-12-4-15-20(28-17(23(25,26)27)9-34(15)33-12)29-18-5-14(31-32-18)13-2-3-16(19(13)24)37-21(35)30-22-6-11(7-22)8-22/h4-5,9,11,13,16,19H,2-3,6-8,10H2,1H3,(H,30,35)(H2,28,29,31,32)/t11?,13-,16-,19-,22?/m1/s1. The maximum Gasteiger partial charge on any atom is 0.434 e. The van der Waals surface area contributed by atoms with E-state index in [0.29, 0.717) is 30.1 Å². The molecule has 0 aliphatic heterocycles. The first-order valence-electron chi connectivity index (χ1n) is 12.0. The number of aromatic amines is 1. The summed E-state index contributed by atoms with van der Waals surface area (Å²) in [6, 6.07) is 3.08. The topological polar surface area (TPSA) is 118 Å². The van der Waals surface area contributed by atoms with Crippen LogP contribution in [0.3, 0.4) is 0 Å². The van der Waals surface area contributed by atoms with E-state index in [-0.39, 0.29) is 29.3 Å². The second-order valence-electron chi connectivity index (χ2n) is 10.2. The Balaban J connectivity index is 1.16. The molecule has 3 aromatic rings. The number of hydrogen-bond donors (Lipinski definition) is 3. The van der Waals surface area contributed by atoms with Crippen LogP contribution in [0.5, 0.6) is 0 Å². The average Bonchev–Trinajstić information content (AvgIpc) is 3.49. The average molecular weight is 523 g/mol. The zero-order chi connectivity index (χ0) is 25.9. The molecule has 3 heterocycles. The third kappa shape index (κ3) is 4.36. The highest BCUT2D eigenvalue weighted by atomic mass is 19.4. The minimum atomic E-state index is -4.69. The smallest absolute Gasteiger partial charge is 0.434 e. The van der Waals surface area contributed by atoms with Crippen LogP contribution in [0, 0.1) is 5.92 Å². The van der Waals surface area contributed by atoms with Crippen molar-refractivity contribution in [1.29, 1.82) is 0 Å². The van der Waals surface area contributed by atoms with E-state index in [2.05, 4.69) is 30.9 Å². The van der Waals surface area contributed by atoms with Crippen LogP contribution in [0.2, 0.25) is 0 Å². The third-order valence-corrected chi connectivity index (χ3v) is 7.50. The summed E-state index contributed by atoms with van der Waals surface area (Å²) in [5.74, 6) is 0.138. The number of ether oxygens (including phenoxy) is 2. The molecule has 14 heteroatoms. The van der Waals surface area contributed by atoms with Gasteiger partial charge in [-0.1, -0.05) is 0 Å². The van der Waals surface area contributed by atoms with Crippen LogP contribution in [-0.2, 0) is 22.3 Å². The highest BCUT2D eigenvalue weighted by Gasteiger charge is 2.58. The van der Waals surface area contributed by atoms with Crippen molar-refractivity contribution in [3.8, 4) is 0 Å². The number of fused-ring (bicyclic) bond motifs is 1. The summed E-state index contributed by atoms with van der Waals surface area (Å²) in [5.41, 5.74) is -0.139. The number of alkyl halides is 4. The number of amides is 1. The molecule has 3 aromatic heterocycles. The van der Waals surface area contributed by atoms with Gasteiger partial charge in [0.15, 0.2) is 17.3 Å². The molecule has 4 saturated carbocycles. The zero-order valence-corrected chi connectivity index (χ0v) is 19.8. The van der Waals surface area contributed by atoms with Gasteiger partial charge in [0, 0.05) is 30.3 Å². The van der Waals surface area contributed by atoms with Crippen LogP contribution < -0.4 is 10.6 Å². The van der Waals surface area contributed by atoms with Crippen LogP contribution >= 0.6 is 0 Å². The van der Waals surface area contributed by atoms with Gasteiger partial charge >= 0.3 is 12.3 Å². The minimum absolute atomic E-state index is 0.108. The molecule has 3 N–H and O–H groups in total. The number of anilines is 2. The first-order valence-corrected chi connectivity index (χ1v) is 12.0. The van der Waals surface area contributed by atoms with Gasteiger partial charge in [0.05, 0.1) is 18.5 Å².